The average Bonchev–Trinajstić information content (AvgIpc) is 3.17. The summed E-state index contributed by atoms with van der Waals surface area (Å²) in [5.41, 5.74) is 7.19. The Kier molecular flexibility index (Phi) is 10.2. The Bertz CT molecular complexity index is 753. The lowest BCUT2D eigenvalue weighted by Crippen LogP contribution is -2.55. The van der Waals surface area contributed by atoms with Gasteiger partial charge in [-0.1, -0.05) is 23.2 Å². The molecular formula is C21H31Cl2N2O7+. The van der Waals surface area contributed by atoms with Crippen LogP contribution in [-0.2, 0) is 20.9 Å². The number of hydrogen-bond acceptors (Lipinski definition) is 6. The van der Waals surface area contributed by atoms with Crippen molar-refractivity contribution >= 4 is 35.1 Å². The van der Waals surface area contributed by atoms with Crippen LogP contribution < -0.4 is 5.73 Å². The molecule has 0 aliphatic carbocycles. The molecule has 1 aromatic carbocycles. The summed E-state index contributed by atoms with van der Waals surface area (Å²) in [7, 11) is 0. The second kappa shape index (κ2) is 12.1. The summed E-state index contributed by atoms with van der Waals surface area (Å²) in [6, 6.07) is 6.59. The molecule has 180 valence electrons. The van der Waals surface area contributed by atoms with Crippen molar-refractivity contribution in [2.75, 3.05) is 32.8 Å². The van der Waals surface area contributed by atoms with Gasteiger partial charge in [-0.25, -0.2) is 9.59 Å². The van der Waals surface area contributed by atoms with Gasteiger partial charge in [-0.05, 0) is 18.2 Å². The minimum absolute atomic E-state index is 0.637. The number of aliphatic hydroxyl groups excluding tert-OH is 2. The minimum atomic E-state index is -2.27. The van der Waals surface area contributed by atoms with Crippen LogP contribution in [0.4, 0.5) is 0 Å². The predicted octanol–water partition coefficient (Wildman–Crippen LogP) is 1.35. The fraction of sp³-hybridized carbons (Fsp3) is 0.619. The number of aliphatic hydroxyl groups is 2. The van der Waals surface area contributed by atoms with Crippen LogP contribution in [0.25, 0.3) is 0 Å². The Balaban J connectivity index is 0.000000309. The Morgan fingerprint density at radius 2 is 1.56 bits per heavy atom. The lowest BCUT2D eigenvalue weighted by molar-refractivity contribution is -0.955. The van der Waals surface area contributed by atoms with Gasteiger partial charge in [0.1, 0.15) is 6.54 Å². The fourth-order valence-corrected chi connectivity index (χ4v) is 5.07. The molecule has 0 aromatic heterocycles. The van der Waals surface area contributed by atoms with Gasteiger partial charge in [-0.2, -0.15) is 0 Å². The quantitative estimate of drug-likeness (QED) is 0.357. The number of carboxylic acids is 2. The van der Waals surface area contributed by atoms with Gasteiger partial charge >= 0.3 is 11.9 Å². The highest BCUT2D eigenvalue weighted by Crippen LogP contribution is 2.35. The molecule has 3 unspecified atom stereocenters. The molecule has 2 heterocycles. The first kappa shape index (κ1) is 26.8. The highest BCUT2D eigenvalue weighted by atomic mass is 35.5. The van der Waals surface area contributed by atoms with Crippen LogP contribution in [0, 0.1) is 5.92 Å². The van der Waals surface area contributed by atoms with Crippen molar-refractivity contribution in [3.63, 3.8) is 0 Å². The van der Waals surface area contributed by atoms with Crippen LogP contribution in [0.1, 0.15) is 24.8 Å². The number of hydrogen-bond donors (Lipinski definition) is 5. The molecule has 4 atom stereocenters. The monoisotopic (exact) mass is 493 g/mol. The van der Waals surface area contributed by atoms with Crippen molar-refractivity contribution in [1.29, 1.82) is 0 Å². The normalized spacial score (nSPS) is 25.5. The van der Waals surface area contributed by atoms with Gasteiger partial charge in [0.25, 0.3) is 0 Å². The molecular weight excluding hydrogens is 463 g/mol. The van der Waals surface area contributed by atoms with Crippen LogP contribution in [-0.4, -0.2) is 87.9 Å². The zero-order chi connectivity index (χ0) is 23.9. The highest BCUT2D eigenvalue weighted by molar-refractivity contribution is 6.34. The summed E-state index contributed by atoms with van der Waals surface area (Å²) in [5, 5.41) is 34.0. The van der Waals surface area contributed by atoms with Crippen LogP contribution in [0.5, 0.6) is 0 Å². The molecule has 9 nitrogen and oxygen atoms in total. The molecule has 0 spiro atoms. The van der Waals surface area contributed by atoms with E-state index in [1.807, 2.05) is 0 Å². The number of rotatable bonds is 7. The Morgan fingerprint density at radius 3 is 2.00 bits per heavy atom. The van der Waals surface area contributed by atoms with E-state index in [-0.39, 0.29) is 0 Å². The van der Waals surface area contributed by atoms with Gasteiger partial charge < -0.3 is 35.4 Å². The molecule has 0 radical (unpaired) electrons. The van der Waals surface area contributed by atoms with Gasteiger partial charge in [-0.15, -0.1) is 0 Å². The van der Waals surface area contributed by atoms with E-state index in [2.05, 4.69) is 12.1 Å². The third-order valence-corrected chi connectivity index (χ3v) is 6.56. The van der Waals surface area contributed by atoms with Crippen molar-refractivity contribution in [3.8, 4) is 0 Å². The van der Waals surface area contributed by atoms with Gasteiger partial charge in [0, 0.05) is 47.3 Å². The number of carbonyl (C=O) groups is 2. The fourth-order valence-electron chi connectivity index (χ4n) is 4.50. The van der Waals surface area contributed by atoms with E-state index in [0.717, 1.165) is 53.7 Å². The standard InChI is InChI=1S/C17H25Cl2N2O.C4H6O6/c18-15-7-14(8-16(19)9-15)12-21(4-1-13(10-20)11-21)17-2-5-22-6-3-17;5-1(3(7)8)2(6)4(9)10/h7-9,13,17H,1-6,10-12,20H2;1-2,5-6H,(H,7,8)(H,9,10)/q+1;/t13-,21?;/m0./s1. The number of likely N-dealkylation sites (tertiary alicyclic amines) is 1. The first-order valence-electron chi connectivity index (χ1n) is 10.5. The van der Waals surface area contributed by atoms with E-state index in [9.17, 15) is 9.59 Å². The number of nitrogens with two attached hydrogens (primary N) is 1. The Morgan fingerprint density at radius 1 is 1.03 bits per heavy atom. The first-order chi connectivity index (χ1) is 15.1. The summed E-state index contributed by atoms with van der Waals surface area (Å²) in [5.74, 6) is -2.90. The highest BCUT2D eigenvalue weighted by Gasteiger charge is 2.44. The van der Waals surface area contributed by atoms with Crippen molar-refractivity contribution in [1.82, 2.24) is 0 Å². The number of carboxylic acid groups (broad SMARTS) is 2. The number of quaternary nitrogens is 1. The zero-order valence-electron chi connectivity index (χ0n) is 17.7. The van der Waals surface area contributed by atoms with E-state index >= 15 is 0 Å². The molecule has 0 bridgehead atoms. The van der Waals surface area contributed by atoms with Crippen LogP contribution in [0.2, 0.25) is 10.0 Å². The van der Waals surface area contributed by atoms with E-state index in [4.69, 9.17) is 54.1 Å². The molecule has 2 aliphatic rings. The Labute approximate surface area is 196 Å². The maximum atomic E-state index is 9.77. The SMILES string of the molecule is NC[C@@H]1CC[N+](Cc2cc(Cl)cc(Cl)c2)(C2CCOCC2)C1.O=C(O)C(O)C(O)C(=O)O. The summed E-state index contributed by atoms with van der Waals surface area (Å²) in [6.45, 7) is 5.94. The second-order valence-corrected chi connectivity index (χ2v) is 9.23. The first-order valence-corrected chi connectivity index (χ1v) is 11.2. The van der Waals surface area contributed by atoms with E-state index in [0.29, 0.717) is 12.0 Å². The third kappa shape index (κ3) is 7.28. The zero-order valence-corrected chi connectivity index (χ0v) is 19.2. The molecule has 0 saturated carbocycles. The van der Waals surface area contributed by atoms with Crippen LogP contribution >= 0.6 is 23.2 Å². The second-order valence-electron chi connectivity index (χ2n) is 8.36. The van der Waals surface area contributed by atoms with Gasteiger partial charge in [-0.3, -0.25) is 0 Å². The molecule has 2 saturated heterocycles. The van der Waals surface area contributed by atoms with E-state index in [1.54, 1.807) is 6.07 Å². The summed E-state index contributed by atoms with van der Waals surface area (Å²) in [4.78, 5) is 19.5. The van der Waals surface area contributed by atoms with Gasteiger partial charge in [0.15, 0.2) is 12.2 Å². The number of halogens is 2. The van der Waals surface area contributed by atoms with E-state index in [1.165, 1.54) is 25.1 Å². The smallest absolute Gasteiger partial charge is 0.335 e. The topological polar surface area (TPSA) is 150 Å². The molecule has 0 amide bonds. The van der Waals surface area contributed by atoms with Crippen molar-refractivity contribution in [2.45, 2.75) is 44.1 Å². The molecule has 6 N–H and O–H groups in total. The van der Waals surface area contributed by atoms with Gasteiger partial charge in [0.2, 0.25) is 0 Å². The lowest BCUT2D eigenvalue weighted by atomic mass is 10.0. The van der Waals surface area contributed by atoms with Crippen molar-refractivity contribution in [2.24, 2.45) is 11.7 Å². The number of ether oxygens (including phenoxy) is 1. The minimum Gasteiger partial charge on any atom is -0.479 e. The van der Waals surface area contributed by atoms with Crippen LogP contribution in [0.15, 0.2) is 18.2 Å². The molecule has 2 fully saturated rings. The number of benzene rings is 1. The van der Waals surface area contributed by atoms with Crippen molar-refractivity contribution < 1.29 is 39.2 Å². The molecule has 3 rings (SSSR count). The largest absolute Gasteiger partial charge is 0.479 e. The maximum Gasteiger partial charge on any atom is 0.335 e. The molecule has 2 aliphatic heterocycles. The number of aliphatic carboxylic acids is 2. The predicted molar refractivity (Wildman–Crippen MR) is 118 cm³/mol. The summed E-state index contributed by atoms with van der Waals surface area (Å²) in [6.07, 6.45) is -1.02. The maximum absolute atomic E-state index is 9.77. The average molecular weight is 494 g/mol. The van der Waals surface area contributed by atoms with Crippen molar-refractivity contribution in [3.05, 3.63) is 33.8 Å². The summed E-state index contributed by atoms with van der Waals surface area (Å²) >= 11 is 12.4. The third-order valence-electron chi connectivity index (χ3n) is 6.13. The van der Waals surface area contributed by atoms with E-state index < -0.39 is 24.1 Å². The van der Waals surface area contributed by atoms with Crippen LogP contribution in [0.3, 0.4) is 0 Å². The molecule has 32 heavy (non-hydrogen) atoms. The number of nitrogens with zero attached hydrogens (tertiary/aromatic N) is 1. The van der Waals surface area contributed by atoms with Gasteiger partial charge in [0.05, 0.1) is 32.3 Å². The molecule has 1 aromatic rings. The molecule has 11 heteroatoms. The summed E-state index contributed by atoms with van der Waals surface area (Å²) < 4.78 is 6.70. The Hall–Kier alpha value is -1.46. The lowest BCUT2D eigenvalue weighted by Gasteiger charge is -2.44.